The first kappa shape index (κ1) is 13.3. The van der Waals surface area contributed by atoms with Gasteiger partial charge >= 0.3 is 6.09 Å². The van der Waals surface area contributed by atoms with Crippen LogP contribution in [0.5, 0.6) is 0 Å². The van der Waals surface area contributed by atoms with Crippen LogP contribution in [0.2, 0.25) is 0 Å². The molecule has 2 aromatic rings. The molecule has 0 atom stereocenters. The monoisotopic (exact) mass is 266 g/mol. The van der Waals surface area contributed by atoms with Crippen molar-refractivity contribution in [3.05, 3.63) is 33.9 Å². The fraction of sp³-hybridized carbons (Fsp3) is 0.385. The summed E-state index contributed by atoms with van der Waals surface area (Å²) in [4.78, 5) is 23.9. The minimum absolute atomic E-state index is 0.254. The summed E-state index contributed by atoms with van der Waals surface area (Å²) in [5.74, 6) is -0.440. The van der Waals surface area contributed by atoms with Gasteiger partial charge in [0.05, 0.1) is 10.9 Å². The summed E-state index contributed by atoms with van der Waals surface area (Å²) in [6, 6.07) is 2.59. The fourth-order valence-corrected chi connectivity index (χ4v) is 1.68. The van der Waals surface area contributed by atoms with Crippen LogP contribution in [0.15, 0.2) is 16.9 Å². The molecule has 0 aliphatic carbocycles. The first-order chi connectivity index (χ1) is 8.69. The number of halogens is 1. The lowest BCUT2D eigenvalue weighted by atomic mass is 10.2. The van der Waals surface area contributed by atoms with Gasteiger partial charge in [0.2, 0.25) is 0 Å². The molecule has 0 fully saturated rings. The zero-order chi connectivity index (χ0) is 14.4. The lowest BCUT2D eigenvalue weighted by molar-refractivity contribution is 0.0510. The van der Waals surface area contributed by atoms with Gasteiger partial charge in [0.25, 0.3) is 5.56 Å². The van der Waals surface area contributed by atoms with Crippen molar-refractivity contribution in [1.29, 1.82) is 0 Å². The van der Waals surface area contributed by atoms with Crippen molar-refractivity contribution >= 4 is 17.0 Å². The molecule has 0 aliphatic heterocycles. The Balaban J connectivity index is 2.54. The fourth-order valence-electron chi connectivity index (χ4n) is 1.68. The predicted molar refractivity (Wildman–Crippen MR) is 68.9 cm³/mol. The van der Waals surface area contributed by atoms with E-state index in [1.54, 1.807) is 27.7 Å². The zero-order valence-electron chi connectivity index (χ0n) is 11.2. The Hall–Kier alpha value is -2.11. The molecule has 0 spiro atoms. The quantitative estimate of drug-likeness (QED) is 0.797. The molecule has 1 heterocycles. The van der Waals surface area contributed by atoms with Crippen molar-refractivity contribution in [2.24, 2.45) is 0 Å². The predicted octanol–water partition coefficient (Wildman–Crippen LogP) is 2.56. The Morgan fingerprint density at radius 3 is 2.58 bits per heavy atom. The van der Waals surface area contributed by atoms with Crippen molar-refractivity contribution in [3.8, 4) is 0 Å². The van der Waals surface area contributed by atoms with Gasteiger partial charge in [0, 0.05) is 0 Å². The van der Waals surface area contributed by atoms with Gasteiger partial charge in [0.15, 0.2) is 0 Å². The van der Waals surface area contributed by atoms with E-state index in [1.807, 2.05) is 0 Å². The Morgan fingerprint density at radius 1 is 1.37 bits per heavy atom. The smallest absolute Gasteiger partial charge is 0.436 e. The number of carbonyl (C=O) groups excluding carboxylic acids is 1. The van der Waals surface area contributed by atoms with E-state index in [1.165, 1.54) is 12.1 Å². The number of benzene rings is 1. The molecule has 0 radical (unpaired) electrons. The van der Waals surface area contributed by atoms with Gasteiger partial charge in [-0.1, -0.05) is 0 Å². The molecule has 2 rings (SSSR count). The number of nitrogens with zero attached hydrogens (tertiary/aromatic N) is 1. The molecule has 0 unspecified atom stereocenters. The molecular weight excluding hydrogens is 251 g/mol. The average molecular weight is 266 g/mol. The van der Waals surface area contributed by atoms with E-state index in [-0.39, 0.29) is 10.9 Å². The number of fused-ring (bicyclic) bond motifs is 1. The van der Waals surface area contributed by atoms with Crippen LogP contribution in [0.4, 0.5) is 9.18 Å². The molecule has 5 nitrogen and oxygen atoms in total. The first-order valence-electron chi connectivity index (χ1n) is 5.83. The second-order valence-electron chi connectivity index (χ2n) is 5.38. The van der Waals surface area contributed by atoms with E-state index in [0.717, 1.165) is 4.68 Å². The van der Waals surface area contributed by atoms with Crippen LogP contribution in [0, 0.1) is 12.7 Å². The van der Waals surface area contributed by atoms with Crippen molar-refractivity contribution in [2.75, 3.05) is 0 Å². The highest BCUT2D eigenvalue weighted by Crippen LogP contribution is 2.15. The molecule has 102 valence electrons. The minimum Gasteiger partial charge on any atom is -0.442 e. The third-order valence-electron chi connectivity index (χ3n) is 2.54. The van der Waals surface area contributed by atoms with Crippen molar-refractivity contribution in [1.82, 2.24) is 9.78 Å². The first-order valence-corrected chi connectivity index (χ1v) is 5.83. The third kappa shape index (κ3) is 2.52. The van der Waals surface area contributed by atoms with Crippen molar-refractivity contribution in [3.63, 3.8) is 0 Å². The van der Waals surface area contributed by atoms with Gasteiger partial charge in [-0.05, 0) is 45.4 Å². The molecular formula is C13H15FN2O3. The van der Waals surface area contributed by atoms with Gasteiger partial charge in [-0.3, -0.25) is 9.89 Å². The number of hydrogen-bond donors (Lipinski definition) is 1. The normalized spacial score (nSPS) is 11.8. The third-order valence-corrected chi connectivity index (χ3v) is 2.54. The van der Waals surface area contributed by atoms with Crippen LogP contribution in [0.25, 0.3) is 10.9 Å². The number of aromatic amines is 1. The second kappa shape index (κ2) is 4.22. The maximum atomic E-state index is 13.4. The molecule has 0 saturated carbocycles. The summed E-state index contributed by atoms with van der Waals surface area (Å²) in [6.07, 6.45) is -0.813. The van der Waals surface area contributed by atoms with Crippen LogP contribution < -0.4 is 5.56 Å². The zero-order valence-corrected chi connectivity index (χ0v) is 11.2. The second-order valence-corrected chi connectivity index (χ2v) is 5.38. The Bertz CT molecular complexity index is 707. The molecule has 6 heteroatoms. The number of ether oxygens (including phenoxy) is 1. The van der Waals surface area contributed by atoms with E-state index in [9.17, 15) is 14.0 Å². The molecule has 0 aliphatic rings. The van der Waals surface area contributed by atoms with Crippen molar-refractivity contribution in [2.45, 2.75) is 33.3 Å². The number of aromatic nitrogens is 2. The average Bonchev–Trinajstić information content (AvgIpc) is 2.55. The molecule has 1 N–H and O–H groups in total. The highest BCUT2D eigenvalue weighted by atomic mass is 19.1. The maximum absolute atomic E-state index is 13.4. The Morgan fingerprint density at radius 2 is 2.00 bits per heavy atom. The minimum atomic E-state index is -0.813. The number of aryl methyl sites for hydroxylation is 1. The Kier molecular flexibility index (Phi) is 2.96. The van der Waals surface area contributed by atoms with E-state index >= 15 is 0 Å². The van der Waals surface area contributed by atoms with E-state index in [4.69, 9.17) is 4.74 Å². The van der Waals surface area contributed by atoms with E-state index in [0.29, 0.717) is 5.56 Å². The van der Waals surface area contributed by atoms with Crippen molar-refractivity contribution < 1.29 is 13.9 Å². The lowest BCUT2D eigenvalue weighted by Gasteiger charge is -2.18. The number of rotatable bonds is 0. The van der Waals surface area contributed by atoms with Gasteiger partial charge < -0.3 is 4.74 Å². The Labute approximate surface area is 109 Å². The summed E-state index contributed by atoms with van der Waals surface area (Å²) in [5, 5.41) is 2.80. The van der Waals surface area contributed by atoms with Crippen LogP contribution in [0.3, 0.4) is 0 Å². The topological polar surface area (TPSA) is 64.1 Å². The SMILES string of the molecule is Cc1cc2c(=O)n(C(=O)OC(C)(C)C)[nH]c2cc1F. The summed E-state index contributed by atoms with van der Waals surface area (Å²) in [5.41, 5.74) is -0.652. The van der Waals surface area contributed by atoms with Gasteiger partial charge in [-0.15, -0.1) is 4.68 Å². The number of H-pyrrole nitrogens is 1. The summed E-state index contributed by atoms with van der Waals surface area (Å²) in [7, 11) is 0. The highest BCUT2D eigenvalue weighted by molar-refractivity contribution is 5.83. The van der Waals surface area contributed by atoms with Gasteiger partial charge in [-0.25, -0.2) is 9.18 Å². The maximum Gasteiger partial charge on any atom is 0.436 e. The molecule has 19 heavy (non-hydrogen) atoms. The summed E-state index contributed by atoms with van der Waals surface area (Å²) in [6.45, 7) is 6.65. The summed E-state index contributed by atoms with van der Waals surface area (Å²) < 4.78 is 19.3. The van der Waals surface area contributed by atoms with Crippen LogP contribution in [-0.2, 0) is 4.74 Å². The summed E-state index contributed by atoms with van der Waals surface area (Å²) >= 11 is 0. The molecule has 1 aromatic carbocycles. The molecule has 0 bridgehead atoms. The molecule has 0 saturated heterocycles. The van der Waals surface area contributed by atoms with E-state index < -0.39 is 23.1 Å². The van der Waals surface area contributed by atoms with Crippen LogP contribution in [0.1, 0.15) is 26.3 Å². The van der Waals surface area contributed by atoms with Crippen LogP contribution >= 0.6 is 0 Å². The molecule has 0 amide bonds. The van der Waals surface area contributed by atoms with E-state index in [2.05, 4.69) is 5.10 Å². The number of carbonyl (C=O) groups is 1. The highest BCUT2D eigenvalue weighted by Gasteiger charge is 2.21. The van der Waals surface area contributed by atoms with Crippen LogP contribution in [-0.4, -0.2) is 21.5 Å². The number of hydrogen-bond acceptors (Lipinski definition) is 3. The molecule has 1 aromatic heterocycles. The number of nitrogens with one attached hydrogen (secondary N) is 1. The van der Waals surface area contributed by atoms with Gasteiger partial charge in [0.1, 0.15) is 11.4 Å². The standard InChI is InChI=1S/C13H15FN2O3/c1-7-5-8-10(6-9(7)14)15-16(11(8)17)12(18)19-13(2,3)4/h5-6,15H,1-4H3. The lowest BCUT2D eigenvalue weighted by Crippen LogP contribution is -2.32. The van der Waals surface area contributed by atoms with Gasteiger partial charge in [-0.2, -0.15) is 0 Å². The largest absolute Gasteiger partial charge is 0.442 e.